The Morgan fingerprint density at radius 1 is 0.559 bits per heavy atom. The lowest BCUT2D eigenvalue weighted by Crippen LogP contribution is -2.28. The molecule has 1 unspecified atom stereocenters. The quantitative estimate of drug-likeness (QED) is 0.282. The first-order chi connectivity index (χ1) is 16.9. The first-order valence-electron chi connectivity index (χ1n) is 11.8. The van der Waals surface area contributed by atoms with Crippen molar-refractivity contribution >= 4 is 38.9 Å². The van der Waals surface area contributed by atoms with Gasteiger partial charge < -0.3 is 14.8 Å². The Kier molecular flexibility index (Phi) is 3.45. The number of benzene rings is 5. The average molecular weight is 436 g/mol. The van der Waals surface area contributed by atoms with Crippen LogP contribution in [0.1, 0.15) is 11.7 Å². The molecule has 0 saturated heterocycles. The van der Waals surface area contributed by atoms with Gasteiger partial charge in [-0.15, -0.1) is 0 Å². The van der Waals surface area contributed by atoms with Crippen molar-refractivity contribution in [3.8, 4) is 16.8 Å². The van der Waals surface area contributed by atoms with Crippen LogP contribution in [0.4, 0.5) is 17.1 Å². The zero-order valence-corrected chi connectivity index (χ0v) is 18.4. The van der Waals surface area contributed by atoms with Crippen LogP contribution in [-0.2, 0) is 0 Å². The van der Waals surface area contributed by atoms with E-state index in [4.69, 9.17) is 0 Å². The Morgan fingerprint density at radius 2 is 1.29 bits per heavy atom. The maximum Gasteiger partial charge on any atom is 0.133 e. The van der Waals surface area contributed by atoms with Gasteiger partial charge in [-0.05, 0) is 42.0 Å². The van der Waals surface area contributed by atoms with E-state index in [1.165, 1.54) is 61.2 Å². The van der Waals surface area contributed by atoms with E-state index >= 15 is 0 Å². The number of aromatic nitrogens is 1. The third-order valence-electron chi connectivity index (χ3n) is 7.33. The molecule has 3 nitrogen and oxygen atoms in total. The summed E-state index contributed by atoms with van der Waals surface area (Å²) in [5.74, 6) is 0. The molecule has 1 aromatic heterocycles. The Hall–Kier alpha value is -4.50. The van der Waals surface area contributed by atoms with Gasteiger partial charge in [0.1, 0.15) is 6.17 Å². The second-order valence-corrected chi connectivity index (χ2v) is 9.06. The molecule has 2 aliphatic heterocycles. The van der Waals surface area contributed by atoms with E-state index in [2.05, 4.69) is 130 Å². The van der Waals surface area contributed by atoms with Crippen LogP contribution in [0.5, 0.6) is 0 Å². The fourth-order valence-corrected chi connectivity index (χ4v) is 5.98. The molecule has 0 saturated carbocycles. The van der Waals surface area contributed by atoms with Crippen molar-refractivity contribution in [3.05, 3.63) is 121 Å². The molecule has 0 aliphatic carbocycles. The zero-order valence-electron chi connectivity index (χ0n) is 18.4. The minimum Gasteiger partial charge on any atom is -0.359 e. The van der Waals surface area contributed by atoms with Crippen LogP contribution in [0.25, 0.3) is 38.6 Å². The molecular weight excluding hydrogens is 414 g/mol. The number of para-hydroxylation sites is 5. The molecule has 1 atom stereocenters. The molecule has 160 valence electrons. The molecule has 1 N–H and O–H groups in total. The third kappa shape index (κ3) is 2.21. The maximum atomic E-state index is 3.86. The number of nitrogens with zero attached hydrogens (tertiary/aromatic N) is 2. The summed E-state index contributed by atoms with van der Waals surface area (Å²) in [5, 5.41) is 6.43. The highest BCUT2D eigenvalue weighted by molar-refractivity contribution is 6.13. The fraction of sp³-hybridized carbons (Fsp3) is 0.0323. The first-order valence-corrected chi connectivity index (χ1v) is 11.8. The summed E-state index contributed by atoms with van der Waals surface area (Å²) in [6, 6.07) is 41.6. The van der Waals surface area contributed by atoms with Crippen LogP contribution in [0.3, 0.4) is 0 Å². The van der Waals surface area contributed by atoms with Gasteiger partial charge in [-0.25, -0.2) is 0 Å². The molecule has 0 bridgehead atoms. The Morgan fingerprint density at radius 3 is 2.21 bits per heavy atom. The molecule has 8 rings (SSSR count). The zero-order chi connectivity index (χ0) is 22.2. The predicted molar refractivity (Wildman–Crippen MR) is 141 cm³/mol. The largest absolute Gasteiger partial charge is 0.359 e. The Labute approximate surface area is 197 Å². The Bertz CT molecular complexity index is 1750. The van der Waals surface area contributed by atoms with E-state index in [1.54, 1.807) is 0 Å². The Balaban J connectivity index is 1.56. The summed E-state index contributed by atoms with van der Waals surface area (Å²) >= 11 is 0. The average Bonchev–Trinajstić information content (AvgIpc) is 3.45. The molecule has 3 heteroatoms. The van der Waals surface area contributed by atoms with Gasteiger partial charge in [-0.3, -0.25) is 0 Å². The molecule has 0 fully saturated rings. The smallest absolute Gasteiger partial charge is 0.133 e. The van der Waals surface area contributed by atoms with E-state index in [-0.39, 0.29) is 6.17 Å². The normalized spacial score (nSPS) is 15.5. The summed E-state index contributed by atoms with van der Waals surface area (Å²) in [6.45, 7) is 0. The minimum atomic E-state index is 0.0257. The van der Waals surface area contributed by atoms with E-state index in [0.29, 0.717) is 0 Å². The molecule has 6 aromatic rings. The standard InChI is InChI=1S/C31H21N3/c1-2-10-20(11-3-1)33-26-15-7-5-13-22(26)24-19-18-23-21-12-4-8-16-27(21)34-28-17-9-6-14-25(28)32-31(34)29(23)30(24)33/h1-19,31-32H. The van der Waals surface area contributed by atoms with E-state index in [0.717, 1.165) is 0 Å². The summed E-state index contributed by atoms with van der Waals surface area (Å²) in [4.78, 5) is 2.47. The summed E-state index contributed by atoms with van der Waals surface area (Å²) in [7, 11) is 0. The van der Waals surface area contributed by atoms with E-state index in [1.807, 2.05) is 0 Å². The highest BCUT2D eigenvalue weighted by Gasteiger charge is 2.39. The van der Waals surface area contributed by atoms with Gasteiger partial charge in [0.25, 0.3) is 0 Å². The predicted octanol–water partition coefficient (Wildman–Crippen LogP) is 8.03. The van der Waals surface area contributed by atoms with Crippen molar-refractivity contribution in [2.24, 2.45) is 0 Å². The number of fused-ring (bicyclic) bond motifs is 12. The lowest BCUT2D eigenvalue weighted by molar-refractivity contribution is 0.822. The number of hydrogen-bond donors (Lipinski definition) is 1. The highest BCUT2D eigenvalue weighted by atomic mass is 15.3. The third-order valence-corrected chi connectivity index (χ3v) is 7.33. The molecular formula is C31H21N3. The molecule has 0 spiro atoms. The number of rotatable bonds is 1. The van der Waals surface area contributed by atoms with E-state index < -0.39 is 0 Å². The van der Waals surface area contributed by atoms with E-state index in [9.17, 15) is 0 Å². The molecule has 5 aromatic carbocycles. The van der Waals surface area contributed by atoms with Gasteiger partial charge in [0.2, 0.25) is 0 Å². The molecule has 3 heterocycles. The van der Waals surface area contributed by atoms with Gasteiger partial charge in [-0.1, -0.05) is 78.9 Å². The van der Waals surface area contributed by atoms with Crippen molar-refractivity contribution in [1.82, 2.24) is 4.57 Å². The van der Waals surface area contributed by atoms with Gasteiger partial charge >= 0.3 is 0 Å². The number of hydrogen-bond acceptors (Lipinski definition) is 2. The summed E-state index contributed by atoms with van der Waals surface area (Å²) in [5.41, 5.74) is 11.2. The molecule has 0 amide bonds. The topological polar surface area (TPSA) is 20.2 Å². The second kappa shape index (κ2) is 6.52. The fourth-order valence-electron chi connectivity index (χ4n) is 5.98. The molecule has 2 aliphatic rings. The van der Waals surface area contributed by atoms with Gasteiger partial charge in [-0.2, -0.15) is 0 Å². The van der Waals surface area contributed by atoms with Gasteiger partial charge in [0.15, 0.2) is 0 Å². The first kappa shape index (κ1) is 18.0. The summed E-state index contributed by atoms with van der Waals surface area (Å²) in [6.07, 6.45) is 0.0257. The lowest BCUT2D eigenvalue weighted by Gasteiger charge is -2.36. The van der Waals surface area contributed by atoms with Crippen LogP contribution in [-0.4, -0.2) is 4.57 Å². The molecule has 0 radical (unpaired) electrons. The second-order valence-electron chi connectivity index (χ2n) is 9.06. The van der Waals surface area contributed by atoms with Crippen molar-refractivity contribution in [3.63, 3.8) is 0 Å². The number of nitrogens with one attached hydrogen (secondary N) is 1. The van der Waals surface area contributed by atoms with Gasteiger partial charge in [0.05, 0.1) is 28.1 Å². The number of anilines is 3. The van der Waals surface area contributed by atoms with Crippen LogP contribution >= 0.6 is 0 Å². The monoisotopic (exact) mass is 435 g/mol. The van der Waals surface area contributed by atoms with Crippen LogP contribution in [0.15, 0.2) is 115 Å². The summed E-state index contributed by atoms with van der Waals surface area (Å²) < 4.78 is 2.44. The van der Waals surface area contributed by atoms with Crippen molar-refractivity contribution < 1.29 is 0 Å². The minimum absolute atomic E-state index is 0.0257. The van der Waals surface area contributed by atoms with Gasteiger partial charge in [0, 0.05) is 27.6 Å². The van der Waals surface area contributed by atoms with Crippen LogP contribution in [0, 0.1) is 0 Å². The lowest BCUT2D eigenvalue weighted by atomic mass is 9.89. The van der Waals surface area contributed by atoms with Crippen molar-refractivity contribution in [2.75, 3.05) is 10.2 Å². The SMILES string of the molecule is c1ccc(-n2c3ccccc3c3ccc4c(c32)C2Nc3ccccc3N2c2ccccc2-4)cc1. The maximum absolute atomic E-state index is 3.86. The highest BCUT2D eigenvalue weighted by Crippen LogP contribution is 2.56. The molecule has 34 heavy (non-hydrogen) atoms. The van der Waals surface area contributed by atoms with Crippen LogP contribution in [0.2, 0.25) is 0 Å². The van der Waals surface area contributed by atoms with Crippen molar-refractivity contribution in [2.45, 2.75) is 6.17 Å². The van der Waals surface area contributed by atoms with Crippen molar-refractivity contribution in [1.29, 1.82) is 0 Å². The van der Waals surface area contributed by atoms with Crippen LogP contribution < -0.4 is 10.2 Å².